The number of hydrogen-bond donors (Lipinski definition) is 0. The van der Waals surface area contributed by atoms with Crippen LogP contribution in [0.2, 0.25) is 0 Å². The minimum Gasteiger partial charge on any atom is -0.493 e. The third-order valence-corrected chi connectivity index (χ3v) is 6.58. The average Bonchev–Trinajstić information content (AvgIpc) is 3.54. The van der Waals surface area contributed by atoms with Gasteiger partial charge in [-0.3, -0.25) is 4.79 Å². The molecule has 4 heterocycles. The number of hydrogen-bond acceptors (Lipinski definition) is 6. The molecule has 0 spiro atoms. The van der Waals surface area contributed by atoms with Gasteiger partial charge in [-0.2, -0.15) is 5.10 Å². The zero-order valence-corrected chi connectivity index (χ0v) is 18.8. The van der Waals surface area contributed by atoms with E-state index in [1.165, 1.54) is 12.1 Å². The van der Waals surface area contributed by atoms with Crippen molar-refractivity contribution in [3.63, 3.8) is 0 Å². The fourth-order valence-corrected chi connectivity index (χ4v) is 4.80. The van der Waals surface area contributed by atoms with E-state index in [9.17, 15) is 9.18 Å². The average molecular weight is 474 g/mol. The van der Waals surface area contributed by atoms with Crippen molar-refractivity contribution in [2.45, 2.75) is 12.3 Å². The maximum Gasteiger partial charge on any atom is 0.274 e. The molecule has 0 bridgehead atoms. The summed E-state index contributed by atoms with van der Waals surface area (Å²) in [5.41, 5.74) is 2.02. The van der Waals surface area contributed by atoms with Gasteiger partial charge in [0.2, 0.25) is 6.79 Å². The Morgan fingerprint density at radius 3 is 2.83 bits per heavy atom. The first-order valence-corrected chi connectivity index (χ1v) is 11.5. The van der Waals surface area contributed by atoms with Gasteiger partial charge in [0, 0.05) is 43.5 Å². The van der Waals surface area contributed by atoms with Gasteiger partial charge in [0.25, 0.3) is 5.91 Å². The van der Waals surface area contributed by atoms with Crippen LogP contribution in [0.25, 0.3) is 5.65 Å². The smallest absolute Gasteiger partial charge is 0.274 e. The molecule has 35 heavy (non-hydrogen) atoms. The molecule has 2 atom stereocenters. The van der Waals surface area contributed by atoms with E-state index in [-0.39, 0.29) is 30.4 Å². The number of nitrogens with zero attached hydrogens (tertiary/aromatic N) is 4. The fourth-order valence-electron chi connectivity index (χ4n) is 4.80. The van der Waals surface area contributed by atoms with E-state index in [1.807, 2.05) is 35.2 Å². The lowest BCUT2D eigenvalue weighted by molar-refractivity contribution is 0.0589. The molecular formula is C26H23FN4O4. The van der Waals surface area contributed by atoms with Gasteiger partial charge in [-0.15, -0.1) is 0 Å². The van der Waals surface area contributed by atoms with Gasteiger partial charge < -0.3 is 19.1 Å². The van der Waals surface area contributed by atoms with Gasteiger partial charge in [0.1, 0.15) is 11.6 Å². The van der Waals surface area contributed by atoms with Crippen LogP contribution >= 0.6 is 0 Å². The summed E-state index contributed by atoms with van der Waals surface area (Å²) >= 11 is 0. The van der Waals surface area contributed by atoms with Crippen LogP contribution in [0.15, 0.2) is 67.0 Å². The first kappa shape index (κ1) is 21.4. The number of piperidine rings is 1. The van der Waals surface area contributed by atoms with E-state index >= 15 is 0 Å². The van der Waals surface area contributed by atoms with Crippen LogP contribution in [-0.4, -0.2) is 51.9 Å². The van der Waals surface area contributed by atoms with Crippen LogP contribution in [0.3, 0.4) is 0 Å². The molecule has 4 aromatic rings. The van der Waals surface area contributed by atoms with Crippen molar-refractivity contribution >= 4 is 11.6 Å². The van der Waals surface area contributed by atoms with E-state index in [4.69, 9.17) is 14.2 Å². The second kappa shape index (κ2) is 8.90. The van der Waals surface area contributed by atoms with Gasteiger partial charge >= 0.3 is 0 Å². The van der Waals surface area contributed by atoms with Crippen LogP contribution in [0, 0.1) is 11.7 Å². The molecule has 0 aliphatic carbocycles. The van der Waals surface area contributed by atoms with Gasteiger partial charge in [-0.25, -0.2) is 13.9 Å². The van der Waals surface area contributed by atoms with Gasteiger partial charge in [-0.05, 0) is 48.2 Å². The number of halogens is 1. The lowest BCUT2D eigenvalue weighted by Gasteiger charge is -2.38. The SMILES string of the molecule is O=C(c1cc2ncccn2n1)N1CC[C@@H](c2ccc(F)cc2)[C@H](COc2ccc3c(c2)OCO3)C1. The predicted octanol–water partition coefficient (Wildman–Crippen LogP) is 3.92. The molecule has 6 rings (SSSR count). The van der Waals surface area contributed by atoms with E-state index < -0.39 is 0 Å². The van der Waals surface area contributed by atoms with Crippen molar-refractivity contribution in [1.29, 1.82) is 0 Å². The first-order chi connectivity index (χ1) is 17.1. The molecule has 1 amide bonds. The summed E-state index contributed by atoms with van der Waals surface area (Å²) in [5.74, 6) is 1.73. The molecule has 0 N–H and O–H groups in total. The molecule has 2 aliphatic heterocycles. The number of amides is 1. The molecule has 0 unspecified atom stereocenters. The Labute approximate surface area is 200 Å². The monoisotopic (exact) mass is 474 g/mol. The number of likely N-dealkylation sites (tertiary alicyclic amines) is 1. The van der Waals surface area contributed by atoms with Crippen molar-refractivity contribution in [2.24, 2.45) is 5.92 Å². The van der Waals surface area contributed by atoms with E-state index in [0.29, 0.717) is 48.3 Å². The number of ether oxygens (including phenoxy) is 3. The Bertz CT molecular complexity index is 1340. The zero-order valence-electron chi connectivity index (χ0n) is 18.8. The summed E-state index contributed by atoms with van der Waals surface area (Å²) in [6, 6.07) is 15.5. The number of aromatic nitrogens is 3. The van der Waals surface area contributed by atoms with Crippen molar-refractivity contribution in [3.8, 4) is 17.2 Å². The van der Waals surface area contributed by atoms with Gasteiger partial charge in [0.15, 0.2) is 22.8 Å². The number of carbonyl (C=O) groups is 1. The highest BCUT2D eigenvalue weighted by Crippen LogP contribution is 2.37. The lowest BCUT2D eigenvalue weighted by Crippen LogP contribution is -2.45. The Morgan fingerprint density at radius 2 is 1.97 bits per heavy atom. The molecule has 2 aliphatic rings. The number of rotatable bonds is 5. The Morgan fingerprint density at radius 1 is 1.11 bits per heavy atom. The molecule has 2 aromatic carbocycles. The minimum atomic E-state index is -0.269. The molecule has 9 heteroatoms. The fraction of sp³-hybridized carbons (Fsp3) is 0.269. The number of carbonyl (C=O) groups excluding carboxylic acids is 1. The third-order valence-electron chi connectivity index (χ3n) is 6.58. The molecular weight excluding hydrogens is 451 g/mol. The highest BCUT2D eigenvalue weighted by molar-refractivity contribution is 5.93. The van der Waals surface area contributed by atoms with Crippen molar-refractivity contribution in [3.05, 3.63) is 84.1 Å². The normalized spacial score (nSPS) is 19.2. The topological polar surface area (TPSA) is 78.2 Å². The predicted molar refractivity (Wildman–Crippen MR) is 124 cm³/mol. The van der Waals surface area contributed by atoms with E-state index in [2.05, 4.69) is 10.1 Å². The van der Waals surface area contributed by atoms with Crippen molar-refractivity contribution in [2.75, 3.05) is 26.5 Å². The number of fused-ring (bicyclic) bond motifs is 2. The highest BCUT2D eigenvalue weighted by Gasteiger charge is 2.34. The van der Waals surface area contributed by atoms with Crippen LogP contribution < -0.4 is 14.2 Å². The van der Waals surface area contributed by atoms with Gasteiger partial charge in [0.05, 0.1) is 6.61 Å². The minimum absolute atomic E-state index is 0.00117. The molecule has 2 aromatic heterocycles. The van der Waals surface area contributed by atoms with Crippen molar-refractivity contribution in [1.82, 2.24) is 19.5 Å². The lowest BCUT2D eigenvalue weighted by atomic mass is 9.80. The molecule has 0 saturated carbocycles. The van der Waals surface area contributed by atoms with Crippen molar-refractivity contribution < 1.29 is 23.4 Å². The summed E-state index contributed by atoms with van der Waals surface area (Å²) in [7, 11) is 0. The highest BCUT2D eigenvalue weighted by atomic mass is 19.1. The summed E-state index contributed by atoms with van der Waals surface area (Å²) in [6.45, 7) is 1.65. The molecule has 178 valence electrons. The second-order valence-corrected chi connectivity index (χ2v) is 8.74. The number of benzene rings is 2. The summed E-state index contributed by atoms with van der Waals surface area (Å²) < 4.78 is 32.1. The van der Waals surface area contributed by atoms with E-state index in [1.54, 1.807) is 29.0 Å². The maximum atomic E-state index is 13.6. The Balaban J connectivity index is 1.22. The largest absolute Gasteiger partial charge is 0.493 e. The molecule has 8 nitrogen and oxygen atoms in total. The maximum absolute atomic E-state index is 13.6. The standard InChI is InChI=1S/C26H23FN4O4/c27-19-4-2-17(3-5-19)21-8-11-30(26(32)22-13-25-28-9-1-10-31(25)29-22)14-18(21)15-33-20-6-7-23-24(12-20)35-16-34-23/h1-7,9-10,12-13,18,21H,8,11,14-16H2/t18-,21-/m0/s1. The third kappa shape index (κ3) is 4.25. The van der Waals surface area contributed by atoms with Crippen LogP contribution in [0.4, 0.5) is 4.39 Å². The Kier molecular flexibility index (Phi) is 5.44. The van der Waals surface area contributed by atoms with Gasteiger partial charge in [-0.1, -0.05) is 12.1 Å². The molecule has 0 radical (unpaired) electrons. The van der Waals surface area contributed by atoms with Crippen LogP contribution in [-0.2, 0) is 0 Å². The zero-order chi connectivity index (χ0) is 23.8. The molecule has 1 fully saturated rings. The second-order valence-electron chi connectivity index (χ2n) is 8.74. The summed E-state index contributed by atoms with van der Waals surface area (Å²) in [4.78, 5) is 19.4. The summed E-state index contributed by atoms with van der Waals surface area (Å²) in [6.07, 6.45) is 4.17. The molecule has 1 saturated heterocycles. The first-order valence-electron chi connectivity index (χ1n) is 11.5. The summed E-state index contributed by atoms with van der Waals surface area (Å²) in [5, 5.41) is 4.39. The quantitative estimate of drug-likeness (QED) is 0.436. The van der Waals surface area contributed by atoms with Crippen LogP contribution in [0.1, 0.15) is 28.4 Å². The Hall–Kier alpha value is -4.14. The van der Waals surface area contributed by atoms with E-state index in [0.717, 1.165) is 12.0 Å². The van der Waals surface area contributed by atoms with Crippen LogP contribution in [0.5, 0.6) is 17.2 Å².